The summed E-state index contributed by atoms with van der Waals surface area (Å²) in [4.78, 5) is 85.0. The van der Waals surface area contributed by atoms with E-state index in [0.717, 1.165) is 64.4 Å². The number of imide groups is 2. The van der Waals surface area contributed by atoms with Crippen molar-refractivity contribution in [2.45, 2.75) is 130 Å². The summed E-state index contributed by atoms with van der Waals surface area (Å²) in [5.74, 6) is -3.18. The number of amides is 6. The van der Waals surface area contributed by atoms with Crippen molar-refractivity contribution in [3.8, 4) is 0 Å². The number of alkyl halides is 5. The van der Waals surface area contributed by atoms with Crippen LogP contribution in [0.25, 0.3) is 0 Å². The van der Waals surface area contributed by atoms with Crippen LogP contribution in [0.2, 0.25) is 0 Å². The van der Waals surface area contributed by atoms with Crippen molar-refractivity contribution in [3.05, 3.63) is 131 Å². The summed E-state index contributed by atoms with van der Waals surface area (Å²) in [7, 11) is -11.1. The maximum absolute atomic E-state index is 14.5. The molecule has 4 aromatic carbocycles. The first-order valence-electron chi connectivity index (χ1n) is 31.0. The molecule has 19 nitrogen and oxygen atoms in total. The Hall–Kier alpha value is -7.20. The van der Waals surface area contributed by atoms with E-state index in [1.807, 2.05) is 35.1 Å². The molecule has 4 aromatic rings. The van der Waals surface area contributed by atoms with Crippen LogP contribution in [0.15, 0.2) is 129 Å². The highest BCUT2D eigenvalue weighted by molar-refractivity contribution is 7.99. The largest absolute Gasteiger partial charge is 0.501 e. The summed E-state index contributed by atoms with van der Waals surface area (Å²) in [5.41, 5.74) is -1.52. The zero-order chi connectivity index (χ0) is 66.1. The van der Waals surface area contributed by atoms with Crippen molar-refractivity contribution < 1.29 is 67.6 Å². The van der Waals surface area contributed by atoms with E-state index in [2.05, 4.69) is 51.1 Å². The van der Waals surface area contributed by atoms with Crippen LogP contribution in [0, 0.1) is 5.41 Å². The van der Waals surface area contributed by atoms with E-state index in [4.69, 9.17) is 0 Å². The van der Waals surface area contributed by atoms with Crippen LogP contribution in [-0.4, -0.2) is 174 Å². The van der Waals surface area contributed by atoms with Crippen LogP contribution in [0.3, 0.4) is 0 Å². The first-order chi connectivity index (χ1) is 43.7. The normalized spacial score (nSPS) is 18.9. The number of hydrogen-bond acceptors (Lipinski definition) is 16. The van der Waals surface area contributed by atoms with Gasteiger partial charge in [0, 0.05) is 125 Å². The van der Waals surface area contributed by atoms with E-state index in [0.29, 0.717) is 109 Å². The number of unbranched alkanes of at least 4 members (excludes halogenated alkanes) is 2. The fourth-order valence-electron chi connectivity index (χ4n) is 12.2. The van der Waals surface area contributed by atoms with Gasteiger partial charge in [0.15, 0.2) is 0 Å². The average molecular weight is 1340 g/mol. The van der Waals surface area contributed by atoms with Gasteiger partial charge in [-0.05, 0) is 135 Å². The SMILES string of the molecule is C=C(CCC(F)F)C1=C(CN2CCN(c3ccc(C(=O)NS(=O)(=O)c4ccc(N[C@H](CCN5CCN(C(=O)CCCCCNc6ccc7c(c6)C(=O)N(C6CCC(=O)NC6=O)C7=O)CC5)CSc5ccccc5)c(S(=O)(=O)C(F)(F)F)c4)cc3)CC2)CCC(C)(C)C1. The summed E-state index contributed by atoms with van der Waals surface area (Å²) in [6.07, 6.45) is 2.99. The molecule has 0 radical (unpaired) electrons. The molecule has 496 valence electrons. The van der Waals surface area contributed by atoms with Gasteiger partial charge in [0.05, 0.1) is 21.7 Å². The van der Waals surface area contributed by atoms with Crippen molar-refractivity contribution in [2.75, 3.05) is 93.3 Å². The first kappa shape index (κ1) is 69.1. The highest BCUT2D eigenvalue weighted by Gasteiger charge is 2.49. The summed E-state index contributed by atoms with van der Waals surface area (Å²) in [5, 5.41) is 8.42. The fraction of sp³-hybridized carbons (Fsp3) is 0.477. The van der Waals surface area contributed by atoms with Gasteiger partial charge in [-0.1, -0.05) is 56.2 Å². The van der Waals surface area contributed by atoms with Crippen LogP contribution < -0.4 is 25.6 Å². The van der Waals surface area contributed by atoms with Crippen molar-refractivity contribution in [2.24, 2.45) is 5.41 Å². The second-order valence-corrected chi connectivity index (χ2v) is 29.4. The molecule has 6 amide bonds. The second-order valence-electron chi connectivity index (χ2n) is 24.7. The average Bonchev–Trinajstić information content (AvgIpc) is 1.39. The number of thioether (sulfide) groups is 1. The molecule has 0 spiro atoms. The number of nitrogens with zero attached hydrogens (tertiary/aromatic N) is 5. The summed E-state index contributed by atoms with van der Waals surface area (Å²) in [6.45, 7) is 14.7. The van der Waals surface area contributed by atoms with Gasteiger partial charge in [0.1, 0.15) is 10.9 Å². The number of sulfone groups is 1. The number of halogens is 5. The molecule has 3 fully saturated rings. The minimum absolute atomic E-state index is 0.0143. The second kappa shape index (κ2) is 29.8. The lowest BCUT2D eigenvalue weighted by molar-refractivity contribution is -0.136. The van der Waals surface area contributed by atoms with Gasteiger partial charge in [-0.2, -0.15) is 13.2 Å². The molecule has 92 heavy (non-hydrogen) atoms. The molecule has 3 saturated heterocycles. The monoisotopic (exact) mass is 1340 g/mol. The van der Waals surface area contributed by atoms with Crippen LogP contribution in [-0.2, 0) is 34.2 Å². The smallest absolute Gasteiger partial charge is 0.385 e. The molecule has 0 bridgehead atoms. The highest BCUT2D eigenvalue weighted by Crippen LogP contribution is 2.43. The van der Waals surface area contributed by atoms with Gasteiger partial charge in [-0.3, -0.25) is 48.8 Å². The quantitative estimate of drug-likeness (QED) is 0.0188. The third-order valence-corrected chi connectivity index (χ3v) is 21.6. The number of carbonyl (C=O) groups is 6. The molecular weight excluding hydrogens is 1260 g/mol. The summed E-state index contributed by atoms with van der Waals surface area (Å²) < 4.78 is 126. The Bertz CT molecular complexity index is 3670. The zero-order valence-electron chi connectivity index (χ0n) is 51.5. The first-order valence-corrected chi connectivity index (χ1v) is 34.9. The topological polar surface area (TPSA) is 235 Å². The number of fused-ring (bicyclic) bond motifs is 1. The van der Waals surface area contributed by atoms with Crippen LogP contribution in [0.5, 0.6) is 0 Å². The molecule has 2 atom stereocenters. The summed E-state index contributed by atoms with van der Waals surface area (Å²) in [6, 6.07) is 20.7. The van der Waals surface area contributed by atoms with E-state index >= 15 is 0 Å². The maximum atomic E-state index is 14.5. The number of rotatable bonds is 27. The number of allylic oxidation sites excluding steroid dienone is 2. The number of carbonyl (C=O) groups excluding carboxylic acids is 6. The lowest BCUT2D eigenvalue weighted by Crippen LogP contribution is -2.54. The predicted octanol–water partition coefficient (Wildman–Crippen LogP) is 9.51. The third kappa shape index (κ3) is 17.3. The minimum atomic E-state index is -6.18. The maximum Gasteiger partial charge on any atom is 0.501 e. The molecule has 4 aliphatic heterocycles. The zero-order valence-corrected chi connectivity index (χ0v) is 54.0. The van der Waals surface area contributed by atoms with Gasteiger partial charge < -0.3 is 20.4 Å². The van der Waals surface area contributed by atoms with E-state index in [-0.39, 0.29) is 59.4 Å². The summed E-state index contributed by atoms with van der Waals surface area (Å²) >= 11 is 1.38. The lowest BCUT2D eigenvalue weighted by Gasteiger charge is -2.39. The Balaban J connectivity index is 0.761. The molecule has 0 aromatic heterocycles. The Morgan fingerprint density at radius 2 is 1.48 bits per heavy atom. The Kier molecular flexibility index (Phi) is 22.4. The molecule has 9 rings (SSSR count). The van der Waals surface area contributed by atoms with Crippen molar-refractivity contribution in [3.63, 3.8) is 0 Å². The van der Waals surface area contributed by atoms with Gasteiger partial charge in [0.2, 0.25) is 24.1 Å². The number of benzene rings is 4. The number of sulfonamides is 1. The van der Waals surface area contributed by atoms with Gasteiger partial charge in [-0.25, -0.2) is 30.3 Å². The molecule has 1 unspecified atom stereocenters. The van der Waals surface area contributed by atoms with E-state index in [1.165, 1.54) is 35.5 Å². The van der Waals surface area contributed by atoms with E-state index in [1.54, 1.807) is 29.2 Å². The van der Waals surface area contributed by atoms with Crippen molar-refractivity contribution in [1.29, 1.82) is 0 Å². The number of nitrogens with one attached hydrogen (secondary N) is 4. The van der Waals surface area contributed by atoms with Gasteiger partial charge in [0.25, 0.3) is 37.6 Å². The van der Waals surface area contributed by atoms with E-state index in [9.17, 15) is 67.6 Å². The Labute approximate surface area is 537 Å². The standard InChI is InChI=1S/C65H78F5N9O10S3/c1-43(13-23-57(66)67)53-40-64(2,3)27-25-45(53)41-76-32-34-77(35-33-76)48-17-14-44(15-18-48)60(82)74-92(88,89)50-19-21-54(56(39-50)91(86,87)65(68,69)70)72-47(42-90-49-10-6-4-7-11-49)26-29-75-30-36-78(37-31-75)59(81)12-8-5-9-28-71-46-16-20-51-52(38-46)63(85)79(62(51)84)55-22-24-58(80)73-61(55)83/h4,6-7,10-11,14-21,38-39,47,55,57,71-72H,1,5,8-9,12-13,22-37,40-42H2,2-3H3,(H,74,82)(H,73,80,83)/t47-,55?/m1/s1. The number of hydrogen-bond donors (Lipinski definition) is 4. The molecule has 4 heterocycles. The van der Waals surface area contributed by atoms with Crippen molar-refractivity contribution >= 4 is 84.1 Å². The van der Waals surface area contributed by atoms with Crippen LogP contribution in [0.1, 0.15) is 122 Å². The molecular formula is C65H78F5N9O10S3. The van der Waals surface area contributed by atoms with Crippen LogP contribution >= 0.6 is 11.8 Å². The number of piperazine rings is 2. The van der Waals surface area contributed by atoms with Crippen molar-refractivity contribution in [1.82, 2.24) is 29.6 Å². The van der Waals surface area contributed by atoms with Crippen LogP contribution in [0.4, 0.5) is 39.0 Å². The van der Waals surface area contributed by atoms with Gasteiger partial charge in [-0.15, -0.1) is 11.8 Å². The molecule has 5 aliphatic rings. The minimum Gasteiger partial charge on any atom is -0.385 e. The number of anilines is 3. The predicted molar refractivity (Wildman–Crippen MR) is 341 cm³/mol. The lowest BCUT2D eigenvalue weighted by atomic mass is 9.72. The fourth-order valence-corrected chi connectivity index (χ4v) is 15.2. The third-order valence-electron chi connectivity index (χ3n) is 17.6. The van der Waals surface area contributed by atoms with E-state index < -0.39 is 88.9 Å². The Morgan fingerprint density at radius 3 is 2.16 bits per heavy atom. The van der Waals surface area contributed by atoms with Gasteiger partial charge >= 0.3 is 5.51 Å². The molecule has 27 heteroatoms. The molecule has 0 saturated carbocycles. The highest BCUT2D eigenvalue weighted by atomic mass is 32.2. The number of piperidine rings is 1. The molecule has 4 N–H and O–H groups in total. The Morgan fingerprint density at radius 1 is 0.783 bits per heavy atom. The molecule has 1 aliphatic carbocycles.